The summed E-state index contributed by atoms with van der Waals surface area (Å²) in [6.07, 6.45) is -0.779. The van der Waals surface area contributed by atoms with Crippen LogP contribution in [0.1, 0.15) is 17.1 Å². The van der Waals surface area contributed by atoms with Crippen LogP contribution in [0.2, 0.25) is 5.02 Å². The van der Waals surface area contributed by atoms with E-state index in [1.54, 1.807) is 44.4 Å². The second-order valence-electron chi connectivity index (χ2n) is 5.62. The SMILES string of the molecule is COc1cc(C2SCCS2)ccc1OC(=O)C(C)Oc1cccc(Cl)c1. The monoisotopic (exact) mass is 410 g/mol. The lowest BCUT2D eigenvalue weighted by Crippen LogP contribution is -2.28. The van der Waals surface area contributed by atoms with Crippen LogP contribution < -0.4 is 14.2 Å². The van der Waals surface area contributed by atoms with Gasteiger partial charge in [0.2, 0.25) is 0 Å². The van der Waals surface area contributed by atoms with E-state index < -0.39 is 12.1 Å². The van der Waals surface area contributed by atoms with Gasteiger partial charge in [-0.3, -0.25) is 0 Å². The summed E-state index contributed by atoms with van der Waals surface area (Å²) in [6, 6.07) is 12.6. The molecule has 1 fully saturated rings. The number of methoxy groups -OCH3 is 1. The Morgan fingerprint density at radius 2 is 1.92 bits per heavy atom. The fourth-order valence-corrected chi connectivity index (χ4v) is 5.47. The highest BCUT2D eigenvalue weighted by atomic mass is 35.5. The van der Waals surface area contributed by atoms with Crippen LogP contribution in [0, 0.1) is 0 Å². The molecule has 0 saturated carbocycles. The van der Waals surface area contributed by atoms with E-state index in [4.69, 9.17) is 25.8 Å². The van der Waals surface area contributed by atoms with E-state index >= 15 is 0 Å². The van der Waals surface area contributed by atoms with E-state index in [9.17, 15) is 4.79 Å². The van der Waals surface area contributed by atoms with E-state index in [1.807, 2.05) is 35.7 Å². The highest BCUT2D eigenvalue weighted by Gasteiger charge is 2.22. The first-order valence-electron chi connectivity index (χ1n) is 8.12. The van der Waals surface area contributed by atoms with Crippen LogP contribution in [0.4, 0.5) is 0 Å². The van der Waals surface area contributed by atoms with Crippen molar-refractivity contribution in [2.75, 3.05) is 18.6 Å². The number of esters is 1. The summed E-state index contributed by atoms with van der Waals surface area (Å²) >= 11 is 9.75. The largest absolute Gasteiger partial charge is 0.493 e. The molecule has 0 aliphatic carbocycles. The van der Waals surface area contributed by atoms with Crippen LogP contribution in [0.5, 0.6) is 17.2 Å². The minimum absolute atomic E-state index is 0.385. The number of rotatable bonds is 6. The van der Waals surface area contributed by atoms with Gasteiger partial charge in [0.15, 0.2) is 17.6 Å². The molecule has 1 heterocycles. The minimum Gasteiger partial charge on any atom is -0.493 e. The summed E-state index contributed by atoms with van der Waals surface area (Å²) in [7, 11) is 1.57. The van der Waals surface area contributed by atoms with Crippen molar-refractivity contribution < 1.29 is 19.0 Å². The summed E-state index contributed by atoms with van der Waals surface area (Å²) in [6.45, 7) is 1.63. The summed E-state index contributed by atoms with van der Waals surface area (Å²) < 4.78 is 16.9. The van der Waals surface area contributed by atoms with Gasteiger partial charge in [-0.05, 0) is 42.8 Å². The number of thioether (sulfide) groups is 2. The van der Waals surface area contributed by atoms with Gasteiger partial charge in [0, 0.05) is 16.5 Å². The van der Waals surface area contributed by atoms with Crippen molar-refractivity contribution in [2.45, 2.75) is 17.6 Å². The topological polar surface area (TPSA) is 44.8 Å². The quantitative estimate of drug-likeness (QED) is 0.481. The van der Waals surface area contributed by atoms with Gasteiger partial charge in [0.25, 0.3) is 0 Å². The zero-order chi connectivity index (χ0) is 18.5. The third-order valence-corrected chi connectivity index (χ3v) is 7.07. The maximum Gasteiger partial charge on any atom is 0.352 e. The lowest BCUT2D eigenvalue weighted by Gasteiger charge is -2.16. The van der Waals surface area contributed by atoms with Crippen LogP contribution in [-0.2, 0) is 4.79 Å². The predicted octanol–water partition coefficient (Wildman–Crippen LogP) is 5.20. The Labute approximate surface area is 166 Å². The Morgan fingerprint density at radius 1 is 1.15 bits per heavy atom. The van der Waals surface area contributed by atoms with Crippen LogP contribution >= 0.6 is 35.1 Å². The first kappa shape index (κ1) is 19.3. The number of hydrogen-bond donors (Lipinski definition) is 0. The van der Waals surface area contributed by atoms with Crippen molar-refractivity contribution in [3.8, 4) is 17.2 Å². The van der Waals surface area contributed by atoms with E-state index in [-0.39, 0.29) is 0 Å². The molecule has 4 nitrogen and oxygen atoms in total. The van der Waals surface area contributed by atoms with Crippen molar-refractivity contribution in [3.63, 3.8) is 0 Å². The van der Waals surface area contributed by atoms with Gasteiger partial charge in [0.05, 0.1) is 11.7 Å². The molecule has 3 rings (SSSR count). The van der Waals surface area contributed by atoms with Gasteiger partial charge in [-0.25, -0.2) is 4.79 Å². The summed E-state index contributed by atoms with van der Waals surface area (Å²) in [4.78, 5) is 12.4. The second-order valence-corrected chi connectivity index (χ2v) is 8.78. The Hall–Kier alpha value is -1.50. The molecule has 2 aromatic carbocycles. The maximum atomic E-state index is 12.4. The average molecular weight is 411 g/mol. The van der Waals surface area contributed by atoms with Crippen molar-refractivity contribution >= 4 is 41.1 Å². The fourth-order valence-electron chi connectivity index (χ4n) is 2.45. The number of carbonyl (C=O) groups excluding carboxylic acids is 1. The van der Waals surface area contributed by atoms with Gasteiger partial charge < -0.3 is 14.2 Å². The highest BCUT2D eigenvalue weighted by molar-refractivity contribution is 8.19. The first-order chi connectivity index (χ1) is 12.6. The fraction of sp³-hybridized carbons (Fsp3) is 0.316. The van der Waals surface area contributed by atoms with E-state index in [0.29, 0.717) is 26.9 Å². The van der Waals surface area contributed by atoms with Gasteiger partial charge in [0.1, 0.15) is 5.75 Å². The summed E-state index contributed by atoms with van der Waals surface area (Å²) in [5.41, 5.74) is 1.16. The minimum atomic E-state index is -0.779. The van der Waals surface area contributed by atoms with Crippen molar-refractivity contribution in [1.82, 2.24) is 0 Å². The maximum absolute atomic E-state index is 12.4. The zero-order valence-corrected chi connectivity index (χ0v) is 16.8. The average Bonchev–Trinajstić information content (AvgIpc) is 3.16. The summed E-state index contributed by atoms with van der Waals surface area (Å²) in [5.74, 6) is 3.23. The Morgan fingerprint density at radius 3 is 2.62 bits per heavy atom. The third-order valence-electron chi connectivity index (χ3n) is 3.73. The molecule has 0 N–H and O–H groups in total. The van der Waals surface area contributed by atoms with Crippen molar-refractivity contribution in [3.05, 3.63) is 53.1 Å². The molecular weight excluding hydrogens is 392 g/mol. The van der Waals surface area contributed by atoms with E-state index in [0.717, 1.165) is 17.1 Å². The number of hydrogen-bond acceptors (Lipinski definition) is 6. The van der Waals surface area contributed by atoms with Crippen molar-refractivity contribution in [2.24, 2.45) is 0 Å². The van der Waals surface area contributed by atoms with E-state index in [2.05, 4.69) is 0 Å². The molecule has 1 unspecified atom stereocenters. The second kappa shape index (κ2) is 8.93. The Balaban J connectivity index is 1.67. The molecule has 0 bridgehead atoms. The van der Waals surface area contributed by atoms with Crippen LogP contribution in [0.15, 0.2) is 42.5 Å². The lowest BCUT2D eigenvalue weighted by atomic mass is 10.2. The molecule has 1 aliphatic heterocycles. The van der Waals surface area contributed by atoms with Crippen LogP contribution in [-0.4, -0.2) is 30.7 Å². The molecule has 2 aromatic rings. The number of halogens is 1. The van der Waals surface area contributed by atoms with Gasteiger partial charge >= 0.3 is 5.97 Å². The van der Waals surface area contributed by atoms with E-state index in [1.165, 1.54) is 0 Å². The molecule has 1 atom stereocenters. The van der Waals surface area contributed by atoms with Gasteiger partial charge in [-0.15, -0.1) is 23.5 Å². The highest BCUT2D eigenvalue weighted by Crippen LogP contribution is 2.46. The zero-order valence-electron chi connectivity index (χ0n) is 14.4. The number of ether oxygens (including phenoxy) is 3. The van der Waals surface area contributed by atoms with Gasteiger partial charge in [-0.1, -0.05) is 23.7 Å². The normalized spacial score (nSPS) is 15.5. The van der Waals surface area contributed by atoms with Gasteiger partial charge in [-0.2, -0.15) is 0 Å². The molecule has 1 saturated heterocycles. The third kappa shape index (κ3) is 4.81. The molecule has 0 aromatic heterocycles. The molecule has 0 amide bonds. The Kier molecular flexibility index (Phi) is 6.62. The molecule has 138 valence electrons. The van der Waals surface area contributed by atoms with Crippen molar-refractivity contribution in [1.29, 1.82) is 0 Å². The van der Waals surface area contributed by atoms with Crippen LogP contribution in [0.3, 0.4) is 0 Å². The first-order valence-corrected chi connectivity index (χ1v) is 10.6. The molecule has 7 heteroatoms. The molecule has 0 radical (unpaired) electrons. The predicted molar refractivity (Wildman–Crippen MR) is 108 cm³/mol. The lowest BCUT2D eigenvalue weighted by molar-refractivity contribution is -0.141. The number of benzene rings is 2. The molecule has 26 heavy (non-hydrogen) atoms. The smallest absolute Gasteiger partial charge is 0.352 e. The molecule has 1 aliphatic rings. The standard InChI is InChI=1S/C19H19ClO4S2/c1-12(23-15-5-3-4-14(20)11-15)18(21)24-16-7-6-13(10-17(16)22-2)19-25-8-9-26-19/h3-7,10-12,19H,8-9H2,1-2H3. The molecular formula is C19H19ClO4S2. The summed E-state index contributed by atoms with van der Waals surface area (Å²) in [5, 5.41) is 0.544. The van der Waals surface area contributed by atoms with Crippen LogP contribution in [0.25, 0.3) is 0 Å². The number of carbonyl (C=O) groups is 1. The Bertz CT molecular complexity index is 778. The molecule has 0 spiro atoms.